The number of hydrogen-bond acceptors (Lipinski definition) is 5. The van der Waals surface area contributed by atoms with E-state index in [4.69, 9.17) is 9.47 Å². The topological polar surface area (TPSA) is 64.6 Å². The molecule has 0 radical (unpaired) electrons. The van der Waals surface area contributed by atoms with Crippen LogP contribution in [0, 0.1) is 6.92 Å². The Bertz CT molecular complexity index is 1340. The van der Waals surface area contributed by atoms with Gasteiger partial charge in [-0.3, -0.25) is 0 Å². The molecule has 0 bridgehead atoms. The van der Waals surface area contributed by atoms with Crippen LogP contribution in [0.3, 0.4) is 0 Å². The van der Waals surface area contributed by atoms with E-state index in [-0.39, 0.29) is 0 Å². The lowest BCUT2D eigenvalue weighted by atomic mass is 9.99. The van der Waals surface area contributed by atoms with E-state index in [0.29, 0.717) is 33.1 Å². The summed E-state index contributed by atoms with van der Waals surface area (Å²) < 4.78 is 11.1. The van der Waals surface area contributed by atoms with Crippen molar-refractivity contribution in [3.05, 3.63) is 87.8 Å². The lowest BCUT2D eigenvalue weighted by Gasteiger charge is -2.09. The normalized spacial score (nSPS) is 14.3. The van der Waals surface area contributed by atoms with Crippen molar-refractivity contribution in [3.8, 4) is 11.5 Å². The smallest absolute Gasteiger partial charge is 0.344 e. The molecule has 0 atom stereocenters. The van der Waals surface area contributed by atoms with Gasteiger partial charge in [0, 0.05) is 22.7 Å². The van der Waals surface area contributed by atoms with Gasteiger partial charge in [0.2, 0.25) is 0 Å². The summed E-state index contributed by atoms with van der Waals surface area (Å²) in [6.45, 7) is 4.85. The molecule has 5 rings (SSSR count). The number of carbonyl (C=O) groups excluding carboxylic acids is 2. The second-order valence-corrected chi connectivity index (χ2v) is 7.30. The molecule has 0 saturated heterocycles. The van der Waals surface area contributed by atoms with E-state index in [1.54, 1.807) is 12.1 Å². The first-order valence-electron chi connectivity index (χ1n) is 9.84. The highest BCUT2D eigenvalue weighted by Crippen LogP contribution is 2.28. The maximum absolute atomic E-state index is 12.7. The van der Waals surface area contributed by atoms with Gasteiger partial charge in [-0.2, -0.15) is 0 Å². The predicted molar refractivity (Wildman–Crippen MR) is 114 cm³/mol. The molecule has 0 aromatic heterocycles. The summed E-state index contributed by atoms with van der Waals surface area (Å²) in [6, 6.07) is 18.6. The van der Waals surface area contributed by atoms with Gasteiger partial charge in [-0.05, 0) is 54.8 Å². The van der Waals surface area contributed by atoms with Gasteiger partial charge >= 0.3 is 11.9 Å². The fourth-order valence-electron chi connectivity index (χ4n) is 4.00. The molecule has 148 valence electrons. The largest absolute Gasteiger partial charge is 0.422 e. The summed E-state index contributed by atoms with van der Waals surface area (Å²) in [5.74, 6) is 0.0683. The van der Waals surface area contributed by atoms with Gasteiger partial charge < -0.3 is 14.8 Å². The quantitative estimate of drug-likeness (QED) is 0.542. The standard InChI is InChI=1S/C25H19NO4/c1-3-26-19-10-9-16(11-14(19)2)23-18-13-20-17(12-21(18)30-25(23)28)22(24(27)29-20)15-7-5-4-6-8-15/h4-13,26H,3H2,1-2H3. The fourth-order valence-corrected chi connectivity index (χ4v) is 4.00. The summed E-state index contributed by atoms with van der Waals surface area (Å²) in [4.78, 5) is 25.2. The first-order chi connectivity index (χ1) is 14.6. The number of benzene rings is 3. The first kappa shape index (κ1) is 18.2. The number of esters is 2. The lowest BCUT2D eigenvalue weighted by Crippen LogP contribution is -2.11. The minimum absolute atomic E-state index is 0.404. The zero-order valence-electron chi connectivity index (χ0n) is 16.6. The average molecular weight is 397 g/mol. The Morgan fingerprint density at radius 3 is 1.93 bits per heavy atom. The van der Waals surface area contributed by atoms with Crippen LogP contribution in [0.5, 0.6) is 11.5 Å². The van der Waals surface area contributed by atoms with E-state index in [0.717, 1.165) is 28.9 Å². The molecule has 0 fully saturated rings. The molecule has 1 N–H and O–H groups in total. The number of carbonyl (C=O) groups is 2. The Morgan fingerprint density at radius 1 is 0.767 bits per heavy atom. The molecule has 0 unspecified atom stereocenters. The molecular formula is C25H19NO4. The number of ether oxygens (including phenoxy) is 2. The monoisotopic (exact) mass is 397 g/mol. The SMILES string of the molecule is CCNc1ccc(C2=c3cc4c(cc3OC2=O)=C(c2ccccc2)C(=O)O4)cc1C. The van der Waals surface area contributed by atoms with Crippen LogP contribution in [0.4, 0.5) is 5.69 Å². The summed E-state index contributed by atoms with van der Waals surface area (Å²) >= 11 is 0. The molecule has 5 heteroatoms. The van der Waals surface area contributed by atoms with Gasteiger partial charge in [0.25, 0.3) is 0 Å². The van der Waals surface area contributed by atoms with Crippen LogP contribution in [0.15, 0.2) is 60.7 Å². The van der Waals surface area contributed by atoms with Crippen molar-refractivity contribution in [1.29, 1.82) is 0 Å². The second-order valence-electron chi connectivity index (χ2n) is 7.30. The van der Waals surface area contributed by atoms with Crippen LogP contribution in [-0.4, -0.2) is 18.5 Å². The Labute approximate surface area is 173 Å². The number of rotatable bonds is 4. The van der Waals surface area contributed by atoms with Gasteiger partial charge in [-0.25, -0.2) is 9.59 Å². The molecular weight excluding hydrogens is 378 g/mol. The molecule has 3 aromatic rings. The van der Waals surface area contributed by atoms with Crippen LogP contribution in [0.2, 0.25) is 0 Å². The van der Waals surface area contributed by atoms with Crippen molar-refractivity contribution in [1.82, 2.24) is 0 Å². The van der Waals surface area contributed by atoms with E-state index in [1.165, 1.54) is 0 Å². The highest BCUT2D eigenvalue weighted by atomic mass is 16.5. The van der Waals surface area contributed by atoms with Crippen LogP contribution in [-0.2, 0) is 9.59 Å². The Kier molecular flexibility index (Phi) is 4.17. The number of anilines is 1. The zero-order valence-corrected chi connectivity index (χ0v) is 16.6. The second kappa shape index (κ2) is 6.88. The summed E-state index contributed by atoms with van der Waals surface area (Å²) in [5, 5.41) is 4.57. The highest BCUT2D eigenvalue weighted by Gasteiger charge is 2.30. The molecule has 5 nitrogen and oxygen atoms in total. The lowest BCUT2D eigenvalue weighted by molar-refractivity contribution is -0.128. The summed E-state index contributed by atoms with van der Waals surface area (Å²) in [5.41, 5.74) is 4.56. The fraction of sp³-hybridized carbons (Fsp3) is 0.120. The predicted octanol–water partition coefficient (Wildman–Crippen LogP) is 2.66. The van der Waals surface area contributed by atoms with Gasteiger partial charge in [0.15, 0.2) is 0 Å². The number of nitrogens with one attached hydrogen (secondary N) is 1. The van der Waals surface area contributed by atoms with Crippen molar-refractivity contribution < 1.29 is 19.1 Å². The molecule has 3 aromatic carbocycles. The number of hydrogen-bond donors (Lipinski definition) is 1. The van der Waals surface area contributed by atoms with E-state index in [1.807, 2.05) is 62.4 Å². The van der Waals surface area contributed by atoms with Crippen LogP contribution in [0.1, 0.15) is 23.6 Å². The number of fused-ring (bicyclic) bond motifs is 2. The number of aryl methyl sites for hydroxylation is 1. The van der Waals surface area contributed by atoms with Crippen LogP contribution in [0.25, 0.3) is 11.1 Å². The van der Waals surface area contributed by atoms with Gasteiger partial charge in [-0.1, -0.05) is 36.4 Å². The van der Waals surface area contributed by atoms with Crippen molar-refractivity contribution >= 4 is 28.8 Å². The Balaban J connectivity index is 1.72. The summed E-state index contributed by atoms with van der Waals surface area (Å²) in [7, 11) is 0. The van der Waals surface area contributed by atoms with Crippen molar-refractivity contribution in [2.75, 3.05) is 11.9 Å². The van der Waals surface area contributed by atoms with Crippen LogP contribution >= 0.6 is 0 Å². The first-order valence-corrected chi connectivity index (χ1v) is 9.84. The molecule has 30 heavy (non-hydrogen) atoms. The van der Waals surface area contributed by atoms with Crippen molar-refractivity contribution in [3.63, 3.8) is 0 Å². The minimum Gasteiger partial charge on any atom is -0.422 e. The van der Waals surface area contributed by atoms with Gasteiger partial charge in [0.05, 0.1) is 11.1 Å². The zero-order chi connectivity index (χ0) is 20.8. The van der Waals surface area contributed by atoms with E-state index >= 15 is 0 Å². The average Bonchev–Trinajstić information content (AvgIpc) is 3.22. The summed E-state index contributed by atoms with van der Waals surface area (Å²) in [6.07, 6.45) is 0. The molecule has 0 spiro atoms. The molecule has 0 saturated carbocycles. The molecule has 2 aliphatic rings. The van der Waals surface area contributed by atoms with E-state index in [2.05, 4.69) is 5.32 Å². The molecule has 2 heterocycles. The maximum atomic E-state index is 12.7. The highest BCUT2D eigenvalue weighted by molar-refractivity contribution is 6.21. The van der Waals surface area contributed by atoms with E-state index < -0.39 is 11.9 Å². The molecule has 0 aliphatic carbocycles. The van der Waals surface area contributed by atoms with Gasteiger partial charge in [-0.15, -0.1) is 0 Å². The maximum Gasteiger partial charge on any atom is 0.344 e. The van der Waals surface area contributed by atoms with Crippen molar-refractivity contribution in [2.24, 2.45) is 0 Å². The van der Waals surface area contributed by atoms with E-state index in [9.17, 15) is 9.59 Å². The minimum atomic E-state index is -0.406. The molecule has 0 amide bonds. The third-order valence-corrected chi connectivity index (χ3v) is 5.38. The Hall–Kier alpha value is -3.86. The third kappa shape index (κ3) is 2.78. The van der Waals surface area contributed by atoms with Crippen molar-refractivity contribution in [2.45, 2.75) is 13.8 Å². The Morgan fingerprint density at radius 2 is 1.37 bits per heavy atom. The third-order valence-electron chi connectivity index (χ3n) is 5.38. The van der Waals surface area contributed by atoms with Crippen LogP contribution < -0.4 is 25.2 Å². The van der Waals surface area contributed by atoms with Gasteiger partial charge in [0.1, 0.15) is 11.5 Å². The molecule has 2 aliphatic heterocycles.